The number of nitrogens with one attached hydrogen (secondary N) is 1. The predicted molar refractivity (Wildman–Crippen MR) is 115 cm³/mol. The molecule has 1 saturated heterocycles. The number of anilines is 1. The quantitative estimate of drug-likeness (QED) is 0.675. The van der Waals surface area contributed by atoms with Crippen molar-refractivity contribution in [1.82, 2.24) is 4.90 Å². The van der Waals surface area contributed by atoms with Gasteiger partial charge in [-0.05, 0) is 68.1 Å². The molecule has 5 nitrogen and oxygen atoms in total. The van der Waals surface area contributed by atoms with Crippen LogP contribution in [0.5, 0.6) is 0 Å². The van der Waals surface area contributed by atoms with Gasteiger partial charge in [-0.25, -0.2) is 4.79 Å². The van der Waals surface area contributed by atoms with E-state index >= 15 is 0 Å². The average molecular weight is 415 g/mol. The lowest BCUT2D eigenvalue weighted by atomic mass is 9.99. The Labute approximate surface area is 177 Å². The van der Waals surface area contributed by atoms with Crippen LogP contribution in [-0.4, -0.2) is 36.5 Å². The zero-order valence-electron chi connectivity index (χ0n) is 16.9. The van der Waals surface area contributed by atoms with E-state index in [2.05, 4.69) is 17.1 Å². The maximum absolute atomic E-state index is 12.6. The minimum absolute atomic E-state index is 0.234. The van der Waals surface area contributed by atoms with Gasteiger partial charge in [0, 0.05) is 24.3 Å². The minimum Gasteiger partial charge on any atom is -0.462 e. The first-order valence-electron chi connectivity index (χ1n) is 10.1. The molecule has 1 aliphatic heterocycles. The number of amides is 1. The Balaban J connectivity index is 1.63. The standard InChI is InChI=1S/C23H27ClN2O3/c1-3-29-23(28)20-13-19(10-11-21(20)24)25-22(27)18-8-6-17(7-9-18)15-26-12-4-5-16(2)14-26/h6-11,13,16H,3-5,12,14-15H2,1-2H3,(H,25,27)/t16-/m0/s1. The Kier molecular flexibility index (Phi) is 7.29. The Morgan fingerprint density at radius 1 is 1.21 bits per heavy atom. The summed E-state index contributed by atoms with van der Waals surface area (Å²) in [6.07, 6.45) is 2.55. The van der Waals surface area contributed by atoms with Crippen LogP contribution in [0, 0.1) is 5.92 Å². The predicted octanol–water partition coefficient (Wildman–Crippen LogP) is 5.00. The van der Waals surface area contributed by atoms with Crippen molar-refractivity contribution >= 4 is 29.2 Å². The number of hydrogen-bond donors (Lipinski definition) is 1. The molecule has 0 unspecified atom stereocenters. The molecule has 154 valence electrons. The number of rotatable bonds is 6. The summed E-state index contributed by atoms with van der Waals surface area (Å²) in [4.78, 5) is 27.0. The van der Waals surface area contributed by atoms with Crippen molar-refractivity contribution in [1.29, 1.82) is 0 Å². The number of carbonyl (C=O) groups is 2. The molecule has 29 heavy (non-hydrogen) atoms. The van der Waals surface area contributed by atoms with Gasteiger partial charge in [0.05, 0.1) is 17.2 Å². The fraction of sp³-hybridized carbons (Fsp3) is 0.391. The molecule has 1 heterocycles. The fourth-order valence-corrected chi connectivity index (χ4v) is 3.82. The van der Waals surface area contributed by atoms with Crippen LogP contribution >= 0.6 is 11.6 Å². The Morgan fingerprint density at radius 3 is 2.66 bits per heavy atom. The molecule has 1 N–H and O–H groups in total. The third-order valence-electron chi connectivity index (χ3n) is 5.08. The number of halogens is 1. The molecule has 0 aliphatic carbocycles. The second-order valence-electron chi connectivity index (χ2n) is 7.55. The van der Waals surface area contributed by atoms with Gasteiger partial charge in [-0.3, -0.25) is 9.69 Å². The lowest BCUT2D eigenvalue weighted by Crippen LogP contribution is -2.33. The SMILES string of the molecule is CCOC(=O)c1cc(NC(=O)c2ccc(CN3CCC[C@H](C)C3)cc2)ccc1Cl. The average Bonchev–Trinajstić information content (AvgIpc) is 2.70. The number of nitrogens with zero attached hydrogens (tertiary/aromatic N) is 1. The Morgan fingerprint density at radius 2 is 1.97 bits per heavy atom. The van der Waals surface area contributed by atoms with Crippen molar-refractivity contribution in [3.05, 3.63) is 64.2 Å². The normalized spacial score (nSPS) is 17.0. The van der Waals surface area contributed by atoms with Gasteiger partial charge in [0.25, 0.3) is 5.91 Å². The van der Waals surface area contributed by atoms with Crippen LogP contribution in [-0.2, 0) is 11.3 Å². The number of piperidine rings is 1. The van der Waals surface area contributed by atoms with E-state index in [0.717, 1.165) is 25.6 Å². The van der Waals surface area contributed by atoms with E-state index in [1.165, 1.54) is 24.5 Å². The number of benzene rings is 2. The molecule has 1 aliphatic rings. The summed E-state index contributed by atoms with van der Waals surface area (Å²) in [6.45, 7) is 7.45. The van der Waals surface area contributed by atoms with Crippen LogP contribution < -0.4 is 5.32 Å². The molecule has 1 amide bonds. The fourth-order valence-electron chi connectivity index (χ4n) is 3.62. The highest BCUT2D eigenvalue weighted by atomic mass is 35.5. The lowest BCUT2D eigenvalue weighted by molar-refractivity contribution is 0.0526. The van der Waals surface area contributed by atoms with Crippen molar-refractivity contribution in [2.45, 2.75) is 33.2 Å². The van der Waals surface area contributed by atoms with E-state index in [0.29, 0.717) is 11.3 Å². The first-order valence-corrected chi connectivity index (χ1v) is 10.4. The van der Waals surface area contributed by atoms with E-state index in [1.54, 1.807) is 19.1 Å². The summed E-state index contributed by atoms with van der Waals surface area (Å²) in [6, 6.07) is 12.4. The molecule has 1 fully saturated rings. The smallest absolute Gasteiger partial charge is 0.339 e. The van der Waals surface area contributed by atoms with Crippen LogP contribution in [0.2, 0.25) is 5.02 Å². The first kappa shape index (κ1) is 21.3. The monoisotopic (exact) mass is 414 g/mol. The summed E-state index contributed by atoms with van der Waals surface area (Å²) >= 11 is 6.07. The molecule has 2 aromatic rings. The van der Waals surface area contributed by atoms with Crippen molar-refractivity contribution in [2.24, 2.45) is 5.92 Å². The van der Waals surface area contributed by atoms with Crippen molar-refractivity contribution in [3.63, 3.8) is 0 Å². The summed E-state index contributed by atoms with van der Waals surface area (Å²) < 4.78 is 5.00. The molecule has 0 bridgehead atoms. The maximum atomic E-state index is 12.6. The molecule has 0 saturated carbocycles. The first-order chi connectivity index (χ1) is 14.0. The van der Waals surface area contributed by atoms with Gasteiger partial charge in [-0.15, -0.1) is 0 Å². The third kappa shape index (κ3) is 5.81. The summed E-state index contributed by atoms with van der Waals surface area (Å²) in [5, 5.41) is 3.10. The highest BCUT2D eigenvalue weighted by molar-refractivity contribution is 6.33. The second-order valence-corrected chi connectivity index (χ2v) is 7.96. The number of carbonyl (C=O) groups excluding carboxylic acids is 2. The Bertz CT molecular complexity index is 867. The van der Waals surface area contributed by atoms with E-state index in [9.17, 15) is 9.59 Å². The molecular weight excluding hydrogens is 388 g/mol. The van der Waals surface area contributed by atoms with Gasteiger partial charge >= 0.3 is 5.97 Å². The van der Waals surface area contributed by atoms with Gasteiger partial charge in [-0.2, -0.15) is 0 Å². The highest BCUT2D eigenvalue weighted by Crippen LogP contribution is 2.22. The highest BCUT2D eigenvalue weighted by Gasteiger charge is 2.17. The number of hydrogen-bond acceptors (Lipinski definition) is 4. The van der Waals surface area contributed by atoms with Crippen LogP contribution in [0.15, 0.2) is 42.5 Å². The van der Waals surface area contributed by atoms with E-state index in [-0.39, 0.29) is 23.1 Å². The lowest BCUT2D eigenvalue weighted by Gasteiger charge is -2.30. The molecule has 0 aromatic heterocycles. The molecule has 1 atom stereocenters. The van der Waals surface area contributed by atoms with Crippen LogP contribution in [0.1, 0.15) is 53.0 Å². The third-order valence-corrected chi connectivity index (χ3v) is 5.41. The van der Waals surface area contributed by atoms with Crippen molar-refractivity contribution in [3.8, 4) is 0 Å². The second kappa shape index (κ2) is 9.90. The maximum Gasteiger partial charge on any atom is 0.339 e. The van der Waals surface area contributed by atoms with Gasteiger partial charge in [0.1, 0.15) is 0 Å². The molecule has 0 spiro atoms. The molecule has 6 heteroatoms. The van der Waals surface area contributed by atoms with E-state index in [4.69, 9.17) is 16.3 Å². The van der Waals surface area contributed by atoms with Crippen LogP contribution in [0.25, 0.3) is 0 Å². The van der Waals surface area contributed by atoms with Gasteiger partial charge in [0.15, 0.2) is 0 Å². The topological polar surface area (TPSA) is 58.6 Å². The van der Waals surface area contributed by atoms with Crippen LogP contribution in [0.3, 0.4) is 0 Å². The summed E-state index contributed by atoms with van der Waals surface area (Å²) in [7, 11) is 0. The molecule has 3 rings (SSSR count). The van der Waals surface area contributed by atoms with Gasteiger partial charge in [0.2, 0.25) is 0 Å². The minimum atomic E-state index is -0.509. The molecule has 2 aromatic carbocycles. The molecular formula is C23H27ClN2O3. The zero-order chi connectivity index (χ0) is 20.8. The summed E-state index contributed by atoms with van der Waals surface area (Å²) in [5.74, 6) is -0.00191. The largest absolute Gasteiger partial charge is 0.462 e. The number of esters is 1. The van der Waals surface area contributed by atoms with Gasteiger partial charge in [-0.1, -0.05) is 30.7 Å². The number of likely N-dealkylation sites (tertiary alicyclic amines) is 1. The Hall–Kier alpha value is -2.37. The van der Waals surface area contributed by atoms with Crippen molar-refractivity contribution < 1.29 is 14.3 Å². The molecule has 0 radical (unpaired) electrons. The van der Waals surface area contributed by atoms with Crippen molar-refractivity contribution in [2.75, 3.05) is 25.0 Å². The number of ether oxygens (including phenoxy) is 1. The van der Waals surface area contributed by atoms with Gasteiger partial charge < -0.3 is 10.1 Å². The van der Waals surface area contributed by atoms with E-state index in [1.807, 2.05) is 24.3 Å². The summed E-state index contributed by atoms with van der Waals surface area (Å²) in [5.41, 5.74) is 2.49. The van der Waals surface area contributed by atoms with Crippen LogP contribution in [0.4, 0.5) is 5.69 Å². The zero-order valence-corrected chi connectivity index (χ0v) is 17.7. The van der Waals surface area contributed by atoms with E-state index < -0.39 is 5.97 Å².